The summed E-state index contributed by atoms with van der Waals surface area (Å²) in [6.45, 7) is 1.24. The second kappa shape index (κ2) is 7.12. The van der Waals surface area contributed by atoms with E-state index in [0.717, 1.165) is 36.9 Å². The molecular weight excluding hydrogens is 366 g/mol. The van der Waals surface area contributed by atoms with Crippen LogP contribution in [0, 0.1) is 11.3 Å². The highest BCUT2D eigenvalue weighted by atomic mass is 16.5. The Kier molecular flexibility index (Phi) is 4.43. The minimum absolute atomic E-state index is 0.169. The highest BCUT2D eigenvalue weighted by Crippen LogP contribution is 2.51. The largest absolute Gasteiger partial charge is 0.481 e. The topological polar surface area (TPSA) is 79.5 Å². The second-order valence-corrected chi connectivity index (χ2v) is 8.12. The van der Waals surface area contributed by atoms with Gasteiger partial charge in [-0.2, -0.15) is 4.98 Å². The van der Waals surface area contributed by atoms with Crippen LogP contribution in [-0.2, 0) is 4.79 Å². The van der Waals surface area contributed by atoms with Gasteiger partial charge in [-0.3, -0.25) is 9.69 Å². The predicted octanol–water partition coefficient (Wildman–Crippen LogP) is 4.01. The summed E-state index contributed by atoms with van der Waals surface area (Å²) in [5, 5.41) is 14.2. The van der Waals surface area contributed by atoms with Crippen LogP contribution >= 0.6 is 0 Å². The molecular formula is C23H23N3O3. The molecule has 2 heterocycles. The van der Waals surface area contributed by atoms with Crippen LogP contribution < -0.4 is 0 Å². The van der Waals surface area contributed by atoms with Gasteiger partial charge in [-0.05, 0) is 24.3 Å². The number of aromatic nitrogens is 2. The van der Waals surface area contributed by atoms with Gasteiger partial charge in [0.15, 0.2) is 0 Å². The molecule has 5 rings (SSSR count). The Hall–Kier alpha value is -2.99. The highest BCUT2D eigenvalue weighted by Gasteiger charge is 2.56. The van der Waals surface area contributed by atoms with Crippen LogP contribution in [0.4, 0.5) is 0 Å². The zero-order valence-corrected chi connectivity index (χ0v) is 16.1. The maximum atomic E-state index is 12.2. The van der Waals surface area contributed by atoms with Crippen molar-refractivity contribution in [1.29, 1.82) is 0 Å². The molecule has 148 valence electrons. The molecule has 2 aliphatic rings. The molecule has 0 radical (unpaired) electrons. The summed E-state index contributed by atoms with van der Waals surface area (Å²) in [4.78, 5) is 19.1. The predicted molar refractivity (Wildman–Crippen MR) is 107 cm³/mol. The number of carboxylic acids is 1. The zero-order chi connectivity index (χ0) is 19.8. The smallest absolute Gasteiger partial charge is 0.311 e. The van der Waals surface area contributed by atoms with E-state index in [-0.39, 0.29) is 12.0 Å². The number of likely N-dealkylation sites (tertiary alicyclic amines) is 1. The van der Waals surface area contributed by atoms with E-state index in [0.29, 0.717) is 18.3 Å². The molecule has 3 aromatic rings. The summed E-state index contributed by atoms with van der Waals surface area (Å²) < 4.78 is 5.71. The number of hydrogen-bond acceptors (Lipinski definition) is 5. The summed E-state index contributed by atoms with van der Waals surface area (Å²) >= 11 is 0. The first-order valence-corrected chi connectivity index (χ1v) is 10.1. The van der Waals surface area contributed by atoms with Crippen LogP contribution in [0.1, 0.15) is 36.8 Å². The molecule has 1 saturated heterocycles. The van der Waals surface area contributed by atoms with Crippen molar-refractivity contribution in [3.05, 3.63) is 72.1 Å². The average Bonchev–Trinajstić information content (AvgIpc) is 3.45. The molecule has 6 nitrogen and oxygen atoms in total. The van der Waals surface area contributed by atoms with Crippen molar-refractivity contribution in [1.82, 2.24) is 15.0 Å². The zero-order valence-electron chi connectivity index (χ0n) is 16.1. The maximum Gasteiger partial charge on any atom is 0.311 e. The molecule has 3 atom stereocenters. The van der Waals surface area contributed by atoms with Gasteiger partial charge >= 0.3 is 5.97 Å². The molecule has 1 N–H and O–H groups in total. The molecule has 1 saturated carbocycles. The molecule has 1 unspecified atom stereocenters. The first-order chi connectivity index (χ1) is 14.2. The van der Waals surface area contributed by atoms with Gasteiger partial charge in [-0.15, -0.1) is 0 Å². The summed E-state index contributed by atoms with van der Waals surface area (Å²) in [6, 6.07) is 19.5. The Morgan fingerprint density at radius 3 is 2.55 bits per heavy atom. The van der Waals surface area contributed by atoms with Crippen molar-refractivity contribution in [2.45, 2.75) is 25.3 Å². The molecule has 1 aliphatic heterocycles. The van der Waals surface area contributed by atoms with Crippen LogP contribution in [0.3, 0.4) is 0 Å². The average molecular weight is 389 g/mol. The Morgan fingerprint density at radius 2 is 1.86 bits per heavy atom. The molecule has 2 aromatic carbocycles. The maximum absolute atomic E-state index is 12.2. The lowest BCUT2D eigenvalue weighted by molar-refractivity contribution is -0.149. The van der Waals surface area contributed by atoms with Gasteiger partial charge in [-0.25, -0.2) is 0 Å². The van der Waals surface area contributed by atoms with E-state index in [9.17, 15) is 9.90 Å². The molecule has 0 spiro atoms. The summed E-state index contributed by atoms with van der Waals surface area (Å²) in [6.07, 6.45) is 2.69. The van der Waals surface area contributed by atoms with Crippen LogP contribution in [0.25, 0.3) is 11.4 Å². The van der Waals surface area contributed by atoms with Crippen molar-refractivity contribution in [3.8, 4) is 11.4 Å². The van der Waals surface area contributed by atoms with Crippen LogP contribution in [0.5, 0.6) is 0 Å². The van der Waals surface area contributed by atoms with Crippen LogP contribution in [-0.4, -0.2) is 39.2 Å². The summed E-state index contributed by atoms with van der Waals surface area (Å²) in [5.74, 6) is 0.553. The van der Waals surface area contributed by atoms with Gasteiger partial charge in [0.05, 0.1) is 5.41 Å². The lowest BCUT2D eigenvalue weighted by Gasteiger charge is -2.27. The lowest BCUT2D eigenvalue weighted by Crippen LogP contribution is -2.36. The number of nitrogens with zero attached hydrogens (tertiary/aromatic N) is 3. The molecule has 0 bridgehead atoms. The number of benzene rings is 2. The van der Waals surface area contributed by atoms with Gasteiger partial charge in [0.2, 0.25) is 11.7 Å². The standard InChI is InChI=1S/C23H23N3O3/c27-22(28)23-13-7-12-18(23)14-26(15-23)19(16-8-3-1-4-9-16)21-24-20(25-29-21)17-10-5-2-6-11-17/h1-6,8-11,18-19H,7,12-15H2,(H,27,28)/t18-,19?,23+/m0/s1. The fourth-order valence-electron chi connectivity index (χ4n) is 5.07. The van der Waals surface area contributed by atoms with Gasteiger partial charge in [0.1, 0.15) is 6.04 Å². The van der Waals surface area contributed by atoms with Crippen molar-refractivity contribution < 1.29 is 14.4 Å². The van der Waals surface area contributed by atoms with Gasteiger partial charge in [0.25, 0.3) is 0 Å². The molecule has 2 fully saturated rings. The second-order valence-electron chi connectivity index (χ2n) is 8.12. The number of carbonyl (C=O) groups is 1. The van der Waals surface area contributed by atoms with Gasteiger partial charge in [0, 0.05) is 18.7 Å². The number of fused-ring (bicyclic) bond motifs is 1. The van der Waals surface area contributed by atoms with E-state index in [1.807, 2.05) is 60.7 Å². The highest BCUT2D eigenvalue weighted by molar-refractivity contribution is 5.76. The van der Waals surface area contributed by atoms with E-state index >= 15 is 0 Å². The minimum atomic E-state index is -0.676. The summed E-state index contributed by atoms with van der Waals surface area (Å²) in [7, 11) is 0. The van der Waals surface area contributed by atoms with Crippen molar-refractivity contribution in [3.63, 3.8) is 0 Å². The third-order valence-electron chi connectivity index (χ3n) is 6.51. The van der Waals surface area contributed by atoms with Gasteiger partial charge < -0.3 is 9.63 Å². The monoisotopic (exact) mass is 389 g/mol. The number of aliphatic carboxylic acids is 1. The van der Waals surface area contributed by atoms with Crippen LogP contribution in [0.2, 0.25) is 0 Å². The first kappa shape index (κ1) is 18.1. The SMILES string of the molecule is O=C(O)[C@@]12CCC[C@H]1CN(C(c1ccccc1)c1nc(-c3ccccc3)no1)C2. The number of rotatable bonds is 5. The number of hydrogen-bond donors (Lipinski definition) is 1. The third-order valence-corrected chi connectivity index (χ3v) is 6.51. The summed E-state index contributed by atoms with van der Waals surface area (Å²) in [5.41, 5.74) is 1.28. The molecule has 1 aromatic heterocycles. The van der Waals surface area contributed by atoms with E-state index in [1.54, 1.807) is 0 Å². The van der Waals surface area contributed by atoms with E-state index in [1.165, 1.54) is 0 Å². The molecule has 29 heavy (non-hydrogen) atoms. The Bertz CT molecular complexity index is 1000. The van der Waals surface area contributed by atoms with E-state index in [4.69, 9.17) is 9.51 Å². The quantitative estimate of drug-likeness (QED) is 0.710. The normalized spacial score (nSPS) is 25.0. The van der Waals surface area contributed by atoms with Gasteiger partial charge in [-0.1, -0.05) is 72.2 Å². The molecule has 6 heteroatoms. The first-order valence-electron chi connectivity index (χ1n) is 10.1. The Morgan fingerprint density at radius 1 is 1.14 bits per heavy atom. The van der Waals surface area contributed by atoms with Crippen molar-refractivity contribution in [2.24, 2.45) is 11.3 Å². The van der Waals surface area contributed by atoms with Crippen molar-refractivity contribution in [2.75, 3.05) is 13.1 Å². The van der Waals surface area contributed by atoms with Crippen molar-refractivity contribution >= 4 is 5.97 Å². The van der Waals surface area contributed by atoms with E-state index in [2.05, 4.69) is 10.1 Å². The molecule has 0 amide bonds. The Labute approximate surface area is 169 Å². The number of carboxylic acid groups (broad SMARTS) is 1. The minimum Gasteiger partial charge on any atom is -0.481 e. The van der Waals surface area contributed by atoms with E-state index < -0.39 is 11.4 Å². The third kappa shape index (κ3) is 3.04. The molecule has 1 aliphatic carbocycles. The van der Waals surface area contributed by atoms with Crippen LogP contribution in [0.15, 0.2) is 65.2 Å². The fraction of sp³-hybridized carbons (Fsp3) is 0.348. The lowest BCUT2D eigenvalue weighted by atomic mass is 9.81. The Balaban J connectivity index is 1.53. The fourth-order valence-corrected chi connectivity index (χ4v) is 5.07.